The van der Waals surface area contributed by atoms with Crippen molar-refractivity contribution in [2.75, 3.05) is 59.1 Å². The van der Waals surface area contributed by atoms with Crippen LogP contribution in [0.2, 0.25) is 0 Å². The van der Waals surface area contributed by atoms with E-state index in [4.69, 9.17) is 14.2 Å². The number of carbonyl (C=O) groups excluding carboxylic acids is 11. The molecule has 0 radical (unpaired) electrons. The van der Waals surface area contributed by atoms with E-state index in [2.05, 4.69) is 53.2 Å². The van der Waals surface area contributed by atoms with Crippen LogP contribution in [0.1, 0.15) is 27.2 Å². The molecule has 16 N–H and O–H groups in total. The van der Waals surface area contributed by atoms with Crippen LogP contribution >= 0.6 is 0 Å². The number of ether oxygens (including phenoxy) is 3. The van der Waals surface area contributed by atoms with Crippen LogP contribution < -0.4 is 53.2 Å². The second-order valence-electron chi connectivity index (χ2n) is 14.4. The second-order valence-corrected chi connectivity index (χ2v) is 14.4. The van der Waals surface area contributed by atoms with Gasteiger partial charge in [-0.05, 0) is 6.92 Å². The van der Waals surface area contributed by atoms with E-state index in [1.807, 2.05) is 0 Å². The van der Waals surface area contributed by atoms with Crippen molar-refractivity contribution in [3.63, 3.8) is 0 Å². The fourth-order valence-corrected chi connectivity index (χ4v) is 5.80. The largest absolute Gasteiger partial charge is 0.394 e. The van der Waals surface area contributed by atoms with Crippen LogP contribution in [0.4, 0.5) is 0 Å². The third-order valence-electron chi connectivity index (χ3n) is 9.01. The van der Waals surface area contributed by atoms with Gasteiger partial charge in [0, 0.05) is 13.8 Å². The van der Waals surface area contributed by atoms with Crippen molar-refractivity contribution in [3.8, 4) is 0 Å². The van der Waals surface area contributed by atoms with Gasteiger partial charge >= 0.3 is 0 Å². The number of hydrogen-bond donors (Lipinski definition) is 16. The van der Waals surface area contributed by atoms with Crippen molar-refractivity contribution >= 4 is 64.9 Å². The average molecular weight is 937 g/mol. The molecule has 2 fully saturated rings. The van der Waals surface area contributed by atoms with Gasteiger partial charge in [0.1, 0.15) is 67.1 Å². The number of Topliss-reactive ketones (excluding diaryl/α,β-unsaturated/α-hetero) is 1. The van der Waals surface area contributed by atoms with E-state index in [-0.39, 0.29) is 12.3 Å². The lowest BCUT2D eigenvalue weighted by Gasteiger charge is -2.42. The van der Waals surface area contributed by atoms with Crippen LogP contribution in [-0.4, -0.2) is 222 Å². The fourth-order valence-electron chi connectivity index (χ4n) is 5.80. The molecule has 2 heterocycles. The molecule has 0 aromatic carbocycles. The molecule has 0 aromatic heterocycles. The predicted molar refractivity (Wildman–Crippen MR) is 210 cm³/mol. The van der Waals surface area contributed by atoms with Crippen molar-refractivity contribution < 1.29 is 97.6 Å². The standard InChI is InChI=1S/C35H56N10O20/c1-14(48)5-36-21(52)6-37-22(53)7-38-23(54)8-39-24(55)9-40-25(56)10-41-33(62)17(4-20(51)45-34-27(42-15(2)49)31(60)29(58)18(11-46)64-34)44-26(57)13-63-35-28(43-16(3)50)32(61)30(59)19(12-47)65-35/h17-19,27-32,34-35,46-47,58-61H,4-13H2,1-3H3,(H,36,52)(H,37,53)(H,38,54)(H,39,55)(H,40,56)(H,41,62)(H,42,49)(H,43,50)(H,44,57)(H,45,51)/t17-,18?,19?,27?,28?,29?,30?,31?,32?,34?,35?/m0/s1. The van der Waals surface area contributed by atoms with Crippen molar-refractivity contribution in [1.29, 1.82) is 0 Å². The van der Waals surface area contributed by atoms with E-state index in [0.29, 0.717) is 0 Å². The lowest BCUT2D eigenvalue weighted by atomic mass is 9.95. The Balaban J connectivity index is 2.05. The van der Waals surface area contributed by atoms with Crippen molar-refractivity contribution in [3.05, 3.63) is 0 Å². The minimum atomic E-state index is -1.87. The molecule has 366 valence electrons. The molecule has 11 atom stereocenters. The molecule has 2 aliphatic rings. The van der Waals surface area contributed by atoms with E-state index < -0.39 is 185 Å². The molecule has 30 heteroatoms. The summed E-state index contributed by atoms with van der Waals surface area (Å²) in [6, 6.07) is -4.81. The van der Waals surface area contributed by atoms with Gasteiger partial charge in [-0.2, -0.15) is 0 Å². The smallest absolute Gasteiger partial charge is 0.246 e. The van der Waals surface area contributed by atoms with Gasteiger partial charge in [-0.25, -0.2) is 0 Å². The molecule has 0 aliphatic carbocycles. The maximum Gasteiger partial charge on any atom is 0.246 e. The zero-order valence-corrected chi connectivity index (χ0v) is 35.3. The lowest BCUT2D eigenvalue weighted by Crippen LogP contribution is -2.68. The minimum absolute atomic E-state index is 0.230. The fraction of sp³-hybridized carbons (Fsp3) is 0.686. The molecule has 0 bridgehead atoms. The van der Waals surface area contributed by atoms with Crippen LogP contribution in [-0.2, 0) is 67.0 Å². The van der Waals surface area contributed by atoms with Gasteiger partial charge in [-0.15, -0.1) is 0 Å². The Hall–Kier alpha value is -5.99. The zero-order valence-electron chi connectivity index (χ0n) is 35.3. The van der Waals surface area contributed by atoms with Crippen LogP contribution in [0.3, 0.4) is 0 Å². The summed E-state index contributed by atoms with van der Waals surface area (Å²) in [4.78, 5) is 134. The molecule has 0 saturated carbocycles. The number of hydrogen-bond acceptors (Lipinski definition) is 20. The van der Waals surface area contributed by atoms with Crippen LogP contribution in [0, 0.1) is 0 Å². The van der Waals surface area contributed by atoms with E-state index >= 15 is 0 Å². The van der Waals surface area contributed by atoms with Crippen molar-refractivity contribution in [2.24, 2.45) is 0 Å². The number of carbonyl (C=O) groups is 11. The average Bonchev–Trinajstić information content (AvgIpc) is 3.24. The Morgan fingerprint density at radius 2 is 0.923 bits per heavy atom. The first-order valence-electron chi connectivity index (χ1n) is 19.7. The Morgan fingerprint density at radius 3 is 1.37 bits per heavy atom. The minimum Gasteiger partial charge on any atom is -0.394 e. The molecule has 0 aromatic rings. The highest BCUT2D eigenvalue weighted by molar-refractivity contribution is 5.95. The molecule has 65 heavy (non-hydrogen) atoms. The third kappa shape index (κ3) is 19.3. The molecule has 2 rings (SSSR count). The van der Waals surface area contributed by atoms with Gasteiger partial charge < -0.3 is 98.0 Å². The second kappa shape index (κ2) is 27.4. The van der Waals surface area contributed by atoms with E-state index in [0.717, 1.165) is 13.8 Å². The highest BCUT2D eigenvalue weighted by Crippen LogP contribution is 2.23. The molecule has 10 amide bonds. The highest BCUT2D eigenvalue weighted by Gasteiger charge is 2.47. The van der Waals surface area contributed by atoms with Crippen molar-refractivity contribution in [2.45, 2.75) is 94.5 Å². The summed E-state index contributed by atoms with van der Waals surface area (Å²) in [5, 5.41) is 82.8. The normalized spacial score (nSPS) is 25.2. The van der Waals surface area contributed by atoms with Gasteiger partial charge in [-0.1, -0.05) is 0 Å². The summed E-state index contributed by atoms with van der Waals surface area (Å²) in [5.41, 5.74) is 0. The molecule has 0 spiro atoms. The van der Waals surface area contributed by atoms with Gasteiger partial charge in [0.05, 0.1) is 58.9 Å². The molecular weight excluding hydrogens is 880 g/mol. The Kier molecular flexibility index (Phi) is 23.2. The maximum absolute atomic E-state index is 13.3. The molecular formula is C35H56N10O20. The van der Waals surface area contributed by atoms with E-state index in [9.17, 15) is 83.4 Å². The lowest BCUT2D eigenvalue weighted by molar-refractivity contribution is -0.268. The monoisotopic (exact) mass is 936 g/mol. The first-order chi connectivity index (χ1) is 30.6. The number of aliphatic hydroxyl groups excluding tert-OH is 6. The summed E-state index contributed by atoms with van der Waals surface area (Å²) >= 11 is 0. The number of nitrogens with one attached hydrogen (secondary N) is 10. The van der Waals surface area contributed by atoms with Crippen molar-refractivity contribution in [1.82, 2.24) is 53.2 Å². The predicted octanol–water partition coefficient (Wildman–Crippen LogP) is -11.8. The van der Waals surface area contributed by atoms with Crippen LogP contribution in [0.5, 0.6) is 0 Å². The van der Waals surface area contributed by atoms with Gasteiger partial charge in [0.25, 0.3) is 0 Å². The summed E-state index contributed by atoms with van der Waals surface area (Å²) in [6.07, 6.45) is -14.0. The first-order valence-corrected chi connectivity index (χ1v) is 19.7. The van der Waals surface area contributed by atoms with E-state index in [1.54, 1.807) is 0 Å². The summed E-state index contributed by atoms with van der Waals surface area (Å²) in [5.74, 6) is -9.31. The quantitative estimate of drug-likeness (QED) is 0.0427. The molecule has 10 unspecified atom stereocenters. The molecule has 30 nitrogen and oxygen atoms in total. The van der Waals surface area contributed by atoms with Crippen LogP contribution in [0.15, 0.2) is 0 Å². The Labute approximate surface area is 369 Å². The number of rotatable bonds is 24. The van der Waals surface area contributed by atoms with E-state index in [1.165, 1.54) is 6.92 Å². The SMILES string of the molecule is CC(=O)CNC(=O)CNC(=O)CNC(=O)CNC(=O)CNC(=O)CNC(=O)[C@H](CC(=O)NC1OC(CO)C(O)C(O)C1NC(C)=O)NC(=O)COC1OC(CO)C(O)C(O)C1NC(C)=O. The molecule has 2 saturated heterocycles. The summed E-state index contributed by atoms with van der Waals surface area (Å²) in [6.45, 7) is -2.80. The Morgan fingerprint density at radius 1 is 0.508 bits per heavy atom. The number of aliphatic hydroxyl groups is 6. The maximum atomic E-state index is 13.3. The summed E-state index contributed by atoms with van der Waals surface area (Å²) in [7, 11) is 0. The van der Waals surface area contributed by atoms with Gasteiger partial charge in [0.2, 0.25) is 59.1 Å². The first kappa shape index (κ1) is 55.1. The van der Waals surface area contributed by atoms with Gasteiger partial charge in [-0.3, -0.25) is 52.7 Å². The third-order valence-corrected chi connectivity index (χ3v) is 9.01. The number of ketones is 1. The number of amides is 10. The Bertz CT molecular complexity index is 1740. The topological polar surface area (TPSA) is 457 Å². The highest BCUT2D eigenvalue weighted by atomic mass is 16.7. The van der Waals surface area contributed by atoms with Crippen LogP contribution in [0.25, 0.3) is 0 Å². The molecule has 2 aliphatic heterocycles. The summed E-state index contributed by atoms with van der Waals surface area (Å²) < 4.78 is 16.2. The van der Waals surface area contributed by atoms with Gasteiger partial charge in [0.15, 0.2) is 12.5 Å². The zero-order chi connectivity index (χ0) is 49.0.